The van der Waals surface area contributed by atoms with Crippen LogP contribution in [0.1, 0.15) is 11.1 Å². The van der Waals surface area contributed by atoms with Crippen molar-refractivity contribution < 1.29 is 19.1 Å². The first-order valence-corrected chi connectivity index (χ1v) is 9.57. The lowest BCUT2D eigenvalue weighted by Gasteiger charge is -2.18. The lowest BCUT2D eigenvalue weighted by Crippen LogP contribution is -2.29. The van der Waals surface area contributed by atoms with Crippen molar-refractivity contribution in [2.45, 2.75) is 6.54 Å². The fourth-order valence-electron chi connectivity index (χ4n) is 2.70. The van der Waals surface area contributed by atoms with E-state index < -0.39 is 0 Å². The van der Waals surface area contributed by atoms with Gasteiger partial charge in [0.2, 0.25) is 5.88 Å². The van der Waals surface area contributed by atoms with Crippen LogP contribution in [0.3, 0.4) is 0 Å². The molecule has 0 saturated carbocycles. The standard InChI is InChI=1S/C23H24N4O4/c1-27(15-18-8-6-7-11-20(18)29-2)22(28)16-30-26-23(24)17-12-13-21(25-14-17)31-19-9-4-3-5-10-19/h3-14H,15-16H2,1-2H3,(H2,24,26). The largest absolute Gasteiger partial charge is 0.496 e. The third-order valence-electron chi connectivity index (χ3n) is 4.37. The topological polar surface area (TPSA) is 99.3 Å². The van der Waals surface area contributed by atoms with Crippen LogP contribution in [0.4, 0.5) is 0 Å². The predicted octanol–water partition coefficient (Wildman–Crippen LogP) is 3.18. The summed E-state index contributed by atoms with van der Waals surface area (Å²) in [5.41, 5.74) is 7.37. The molecule has 0 unspecified atom stereocenters. The summed E-state index contributed by atoms with van der Waals surface area (Å²) in [6.07, 6.45) is 1.52. The van der Waals surface area contributed by atoms with Gasteiger partial charge in [0.15, 0.2) is 12.4 Å². The van der Waals surface area contributed by atoms with E-state index in [4.69, 9.17) is 20.0 Å². The number of methoxy groups -OCH3 is 1. The fraction of sp³-hybridized carbons (Fsp3) is 0.174. The first-order valence-electron chi connectivity index (χ1n) is 9.57. The smallest absolute Gasteiger partial charge is 0.263 e. The molecule has 1 aromatic heterocycles. The van der Waals surface area contributed by atoms with Crippen molar-refractivity contribution >= 4 is 11.7 Å². The number of hydrogen-bond acceptors (Lipinski definition) is 6. The molecule has 31 heavy (non-hydrogen) atoms. The van der Waals surface area contributed by atoms with E-state index in [1.54, 1.807) is 26.3 Å². The molecule has 0 fully saturated rings. The summed E-state index contributed by atoms with van der Waals surface area (Å²) in [5.74, 6) is 1.70. The second-order valence-electron chi connectivity index (χ2n) is 6.61. The number of amides is 1. The van der Waals surface area contributed by atoms with E-state index in [0.29, 0.717) is 23.7 Å². The molecule has 2 aromatic carbocycles. The van der Waals surface area contributed by atoms with E-state index in [9.17, 15) is 4.79 Å². The number of ether oxygens (including phenoxy) is 2. The monoisotopic (exact) mass is 420 g/mol. The number of carbonyl (C=O) groups excluding carboxylic acids is 1. The second kappa shape index (κ2) is 10.6. The number of aromatic nitrogens is 1. The number of hydrogen-bond donors (Lipinski definition) is 1. The Morgan fingerprint density at radius 3 is 2.52 bits per heavy atom. The highest BCUT2D eigenvalue weighted by Gasteiger charge is 2.12. The van der Waals surface area contributed by atoms with Crippen molar-refractivity contribution in [3.05, 3.63) is 84.1 Å². The van der Waals surface area contributed by atoms with Gasteiger partial charge in [-0.05, 0) is 24.3 Å². The number of oxime groups is 1. The quantitative estimate of drug-likeness (QED) is 0.324. The van der Waals surface area contributed by atoms with Crippen molar-refractivity contribution in [2.24, 2.45) is 10.9 Å². The van der Waals surface area contributed by atoms with Gasteiger partial charge in [-0.25, -0.2) is 4.98 Å². The van der Waals surface area contributed by atoms with Crippen LogP contribution in [-0.4, -0.2) is 42.4 Å². The van der Waals surface area contributed by atoms with E-state index >= 15 is 0 Å². The number of pyridine rings is 1. The zero-order chi connectivity index (χ0) is 22.1. The normalized spacial score (nSPS) is 11.0. The molecule has 0 radical (unpaired) electrons. The summed E-state index contributed by atoms with van der Waals surface area (Å²) in [5, 5.41) is 3.81. The summed E-state index contributed by atoms with van der Waals surface area (Å²) < 4.78 is 10.9. The van der Waals surface area contributed by atoms with Gasteiger partial charge in [0.05, 0.1) is 7.11 Å². The molecule has 1 heterocycles. The molecule has 3 aromatic rings. The summed E-state index contributed by atoms with van der Waals surface area (Å²) in [6.45, 7) is 0.146. The molecule has 0 saturated heterocycles. The lowest BCUT2D eigenvalue weighted by molar-refractivity contribution is -0.135. The summed E-state index contributed by atoms with van der Waals surface area (Å²) in [7, 11) is 3.27. The van der Waals surface area contributed by atoms with Gasteiger partial charge in [-0.15, -0.1) is 0 Å². The predicted molar refractivity (Wildman–Crippen MR) is 117 cm³/mol. The van der Waals surface area contributed by atoms with Gasteiger partial charge in [0.25, 0.3) is 5.91 Å². The van der Waals surface area contributed by atoms with Crippen molar-refractivity contribution in [3.63, 3.8) is 0 Å². The molecule has 8 nitrogen and oxygen atoms in total. The van der Waals surface area contributed by atoms with E-state index in [-0.39, 0.29) is 18.3 Å². The zero-order valence-electron chi connectivity index (χ0n) is 17.4. The van der Waals surface area contributed by atoms with Crippen LogP contribution < -0.4 is 15.2 Å². The van der Waals surface area contributed by atoms with Crippen LogP contribution in [0.5, 0.6) is 17.4 Å². The maximum atomic E-state index is 12.3. The van der Waals surface area contributed by atoms with Crippen LogP contribution in [0.25, 0.3) is 0 Å². The average molecular weight is 420 g/mol. The number of nitrogens with zero attached hydrogens (tertiary/aromatic N) is 3. The first kappa shape index (κ1) is 21.6. The number of nitrogens with two attached hydrogens (primary N) is 1. The number of benzene rings is 2. The molecule has 1 amide bonds. The number of carbonyl (C=O) groups is 1. The first-order chi connectivity index (χ1) is 15.1. The molecule has 2 N–H and O–H groups in total. The number of likely N-dealkylation sites (N-methyl/N-ethyl adjacent to an activating group) is 1. The third-order valence-corrected chi connectivity index (χ3v) is 4.37. The Hall–Kier alpha value is -4.07. The minimum absolute atomic E-state index is 0.110. The number of amidine groups is 1. The Labute approximate surface area is 180 Å². The van der Waals surface area contributed by atoms with Crippen LogP contribution in [0.2, 0.25) is 0 Å². The van der Waals surface area contributed by atoms with Gasteiger partial charge in [0.1, 0.15) is 11.5 Å². The highest BCUT2D eigenvalue weighted by Crippen LogP contribution is 2.19. The Morgan fingerprint density at radius 2 is 1.81 bits per heavy atom. The van der Waals surface area contributed by atoms with Crippen molar-refractivity contribution in [3.8, 4) is 17.4 Å². The van der Waals surface area contributed by atoms with Crippen LogP contribution in [0.15, 0.2) is 78.1 Å². The molecule has 0 bridgehead atoms. The van der Waals surface area contributed by atoms with E-state index in [2.05, 4.69) is 10.1 Å². The highest BCUT2D eigenvalue weighted by atomic mass is 16.6. The minimum atomic E-state index is -0.243. The van der Waals surface area contributed by atoms with E-state index in [1.807, 2.05) is 54.6 Å². The zero-order valence-corrected chi connectivity index (χ0v) is 17.4. The van der Waals surface area contributed by atoms with Crippen molar-refractivity contribution in [2.75, 3.05) is 20.8 Å². The molecule has 0 aliphatic rings. The van der Waals surface area contributed by atoms with Gasteiger partial charge in [-0.2, -0.15) is 0 Å². The summed E-state index contributed by atoms with van der Waals surface area (Å²) in [6, 6.07) is 20.2. The molecule has 3 rings (SSSR count). The molecular weight excluding hydrogens is 396 g/mol. The van der Waals surface area contributed by atoms with Gasteiger partial charge < -0.3 is 24.9 Å². The molecule has 0 aliphatic heterocycles. The molecular formula is C23H24N4O4. The minimum Gasteiger partial charge on any atom is -0.496 e. The molecule has 0 spiro atoms. The highest BCUT2D eigenvalue weighted by molar-refractivity contribution is 5.96. The Balaban J connectivity index is 1.51. The fourth-order valence-corrected chi connectivity index (χ4v) is 2.70. The van der Waals surface area contributed by atoms with E-state index in [0.717, 1.165) is 11.3 Å². The van der Waals surface area contributed by atoms with Gasteiger partial charge in [-0.1, -0.05) is 41.6 Å². The van der Waals surface area contributed by atoms with Crippen LogP contribution in [-0.2, 0) is 16.2 Å². The third kappa shape index (κ3) is 6.20. The molecule has 0 atom stereocenters. The molecule has 160 valence electrons. The Morgan fingerprint density at radius 1 is 1.06 bits per heavy atom. The summed E-state index contributed by atoms with van der Waals surface area (Å²) in [4.78, 5) is 23.2. The lowest BCUT2D eigenvalue weighted by atomic mass is 10.2. The Kier molecular flexibility index (Phi) is 7.42. The molecule has 0 aliphatic carbocycles. The van der Waals surface area contributed by atoms with Crippen molar-refractivity contribution in [1.29, 1.82) is 0 Å². The van der Waals surface area contributed by atoms with Gasteiger partial charge in [0, 0.05) is 37.0 Å². The van der Waals surface area contributed by atoms with Gasteiger partial charge >= 0.3 is 0 Å². The number of para-hydroxylation sites is 2. The number of rotatable bonds is 9. The van der Waals surface area contributed by atoms with Crippen LogP contribution in [0, 0.1) is 0 Å². The Bertz CT molecular complexity index is 1020. The maximum absolute atomic E-state index is 12.3. The van der Waals surface area contributed by atoms with E-state index in [1.165, 1.54) is 11.1 Å². The van der Waals surface area contributed by atoms with Crippen LogP contribution >= 0.6 is 0 Å². The second-order valence-corrected chi connectivity index (χ2v) is 6.61. The molecule has 8 heteroatoms. The van der Waals surface area contributed by atoms with Crippen molar-refractivity contribution in [1.82, 2.24) is 9.88 Å². The maximum Gasteiger partial charge on any atom is 0.263 e. The summed E-state index contributed by atoms with van der Waals surface area (Å²) >= 11 is 0. The SMILES string of the molecule is COc1ccccc1CN(C)C(=O)CO/N=C(/N)c1ccc(Oc2ccccc2)nc1. The van der Waals surface area contributed by atoms with Gasteiger partial charge in [-0.3, -0.25) is 4.79 Å². The average Bonchev–Trinajstić information content (AvgIpc) is 2.80.